The van der Waals surface area contributed by atoms with Crippen molar-refractivity contribution in [3.8, 4) is 0 Å². The zero-order valence-corrected chi connectivity index (χ0v) is 27.3. The lowest BCUT2D eigenvalue weighted by Crippen LogP contribution is -2.37. The molecule has 0 heterocycles. The van der Waals surface area contributed by atoms with Gasteiger partial charge in [-0.3, -0.25) is 9.05 Å². The summed E-state index contributed by atoms with van der Waals surface area (Å²) in [6.45, 7) is 4.02. The highest BCUT2D eigenvalue weighted by Gasteiger charge is 2.24. The fourth-order valence-corrected chi connectivity index (χ4v) is 4.94. The Balaban J connectivity index is 3.46. The van der Waals surface area contributed by atoms with Gasteiger partial charge in [-0.15, -0.1) is 0 Å². The Kier molecular flexibility index (Phi) is 26.4. The first-order valence-corrected chi connectivity index (χ1v) is 17.4. The molecule has 0 saturated carbocycles. The second-order valence-corrected chi connectivity index (χ2v) is 13.3. The van der Waals surface area contributed by atoms with E-state index in [2.05, 4.69) is 19.1 Å². The Bertz CT molecular complexity index is 596. The molecule has 2 atom stereocenters. The summed E-state index contributed by atoms with van der Waals surface area (Å²) in [4.78, 5) is 9.81. The smallest absolute Gasteiger partial charge is 0.379 e. The number of phosphoric ester groups is 1. The van der Waals surface area contributed by atoms with Crippen LogP contribution < -0.4 is 0 Å². The largest absolute Gasteiger partial charge is 0.472 e. The van der Waals surface area contributed by atoms with E-state index in [4.69, 9.17) is 18.5 Å². The Morgan fingerprint density at radius 3 is 1.67 bits per heavy atom. The van der Waals surface area contributed by atoms with Crippen LogP contribution >= 0.6 is 7.82 Å². The minimum atomic E-state index is -4.08. The predicted molar refractivity (Wildman–Crippen MR) is 164 cm³/mol. The minimum Gasteiger partial charge on any atom is -0.379 e. The molecule has 0 aliphatic rings. The van der Waals surface area contributed by atoms with Crippen LogP contribution in [0.5, 0.6) is 0 Å². The molecule has 0 aromatic carbocycles. The average molecular weight is 579 g/mol. The number of likely N-dealkylation sites (N-methyl/N-ethyl adjacent to an activating group) is 1. The highest BCUT2D eigenvalue weighted by molar-refractivity contribution is 7.47. The van der Waals surface area contributed by atoms with Crippen LogP contribution in [0.3, 0.4) is 0 Å². The van der Waals surface area contributed by atoms with Gasteiger partial charge in [0.05, 0.1) is 34.4 Å². The third kappa shape index (κ3) is 30.5. The molecule has 0 aliphatic heterocycles. The number of unbranched alkanes of at least 4 members (excludes halogenated alkanes) is 16. The summed E-state index contributed by atoms with van der Waals surface area (Å²) in [6, 6.07) is 0. The third-order valence-corrected chi connectivity index (χ3v) is 7.86. The lowest BCUT2D eigenvalue weighted by Gasteiger charge is -2.24. The summed E-state index contributed by atoms with van der Waals surface area (Å²) in [5.41, 5.74) is 0. The molecule has 0 aliphatic carbocycles. The zero-order chi connectivity index (χ0) is 29.1. The molecule has 0 saturated heterocycles. The predicted octanol–water partition coefficient (Wildman–Crippen LogP) is 8.46. The van der Waals surface area contributed by atoms with E-state index in [0.717, 1.165) is 6.42 Å². The molecule has 0 radical (unpaired) electrons. The molecule has 2 unspecified atom stereocenters. The number of methoxy groups -OCH3 is 1. The second kappa shape index (κ2) is 26.6. The Morgan fingerprint density at radius 2 is 1.18 bits per heavy atom. The van der Waals surface area contributed by atoms with Gasteiger partial charge in [0.2, 0.25) is 0 Å². The van der Waals surface area contributed by atoms with Gasteiger partial charge < -0.3 is 18.9 Å². The fraction of sp³-hybridized carbons (Fsp3) is 0.935. The molecule has 0 rings (SSSR count). The van der Waals surface area contributed by atoms with Crippen LogP contribution in [0, 0.1) is 0 Å². The van der Waals surface area contributed by atoms with Gasteiger partial charge in [0.25, 0.3) is 0 Å². The second-order valence-electron chi connectivity index (χ2n) is 11.9. The molecule has 0 bridgehead atoms. The first-order chi connectivity index (χ1) is 18.7. The highest BCUT2D eigenvalue weighted by atomic mass is 31.2. The molecule has 39 heavy (non-hydrogen) atoms. The van der Waals surface area contributed by atoms with E-state index in [-0.39, 0.29) is 13.2 Å². The first-order valence-electron chi connectivity index (χ1n) is 15.9. The number of nitrogens with zero attached hydrogens (tertiary/aromatic N) is 1. The number of quaternary nitrogens is 1. The van der Waals surface area contributed by atoms with Crippen LogP contribution in [0.25, 0.3) is 0 Å². The number of rotatable bonds is 30. The summed E-state index contributed by atoms with van der Waals surface area (Å²) in [5.74, 6) is 0. The van der Waals surface area contributed by atoms with Crippen molar-refractivity contribution >= 4 is 7.82 Å². The van der Waals surface area contributed by atoms with E-state index in [0.29, 0.717) is 24.2 Å². The van der Waals surface area contributed by atoms with E-state index in [9.17, 15) is 9.46 Å². The van der Waals surface area contributed by atoms with Crippen molar-refractivity contribution in [3.05, 3.63) is 12.2 Å². The maximum Gasteiger partial charge on any atom is 0.472 e. The van der Waals surface area contributed by atoms with Crippen LogP contribution in [0.4, 0.5) is 0 Å². The highest BCUT2D eigenvalue weighted by Crippen LogP contribution is 2.43. The summed E-state index contributed by atoms with van der Waals surface area (Å²) in [5, 5.41) is 0. The third-order valence-electron chi connectivity index (χ3n) is 6.88. The van der Waals surface area contributed by atoms with Crippen molar-refractivity contribution in [1.29, 1.82) is 0 Å². The van der Waals surface area contributed by atoms with Crippen LogP contribution in [0.2, 0.25) is 0 Å². The van der Waals surface area contributed by atoms with Gasteiger partial charge in [0.1, 0.15) is 19.3 Å². The monoisotopic (exact) mass is 578 g/mol. The van der Waals surface area contributed by atoms with Crippen molar-refractivity contribution in [1.82, 2.24) is 0 Å². The molecule has 0 fully saturated rings. The maximum atomic E-state index is 12.0. The molecule has 1 N–H and O–H groups in total. The van der Waals surface area contributed by atoms with Crippen molar-refractivity contribution in [3.63, 3.8) is 0 Å². The van der Waals surface area contributed by atoms with E-state index in [1.165, 1.54) is 109 Å². The average Bonchev–Trinajstić information content (AvgIpc) is 2.88. The summed E-state index contributed by atoms with van der Waals surface area (Å²) >= 11 is 0. The Hall–Kier alpha value is -0.270. The molecular weight excluding hydrogens is 513 g/mol. The molecule has 0 amide bonds. The van der Waals surface area contributed by atoms with E-state index >= 15 is 0 Å². The van der Waals surface area contributed by atoms with E-state index < -0.39 is 13.9 Å². The fourth-order valence-electron chi connectivity index (χ4n) is 4.20. The van der Waals surface area contributed by atoms with E-state index in [1.54, 1.807) is 7.11 Å². The standard InChI is InChI=1S/C31H64NO6P/c1-6-7-8-9-10-11-12-13-14-15-16-17-18-19-20-21-22-23-24-25-27-36-29-31(35-5)30-38-39(33,34)37-28-26-32(2,3)4/h13-14,31H,6-12,15-30H2,1-5H3/p+1. The SMILES string of the molecule is CCCCCCCCC=CCCCCCCCCCCCCOCC(COP(=O)(O)OCC[N+](C)(C)C)OC. The summed E-state index contributed by atoms with van der Waals surface area (Å²) in [6.07, 6.45) is 28.1. The molecular formula is C31H65NO6P+. The Morgan fingerprint density at radius 1 is 0.692 bits per heavy atom. The Labute approximate surface area is 242 Å². The molecule has 7 nitrogen and oxygen atoms in total. The van der Waals surface area contributed by atoms with Gasteiger partial charge >= 0.3 is 7.82 Å². The molecule has 8 heteroatoms. The van der Waals surface area contributed by atoms with Gasteiger partial charge in [0.15, 0.2) is 0 Å². The van der Waals surface area contributed by atoms with Crippen LogP contribution in [0.15, 0.2) is 12.2 Å². The summed E-state index contributed by atoms with van der Waals surface area (Å²) < 4.78 is 33.7. The van der Waals surface area contributed by atoms with Crippen LogP contribution in [-0.4, -0.2) is 76.7 Å². The lowest BCUT2D eigenvalue weighted by molar-refractivity contribution is -0.870. The van der Waals surface area contributed by atoms with Gasteiger partial charge in [0, 0.05) is 13.7 Å². The molecule has 234 valence electrons. The number of phosphoric acid groups is 1. The van der Waals surface area contributed by atoms with E-state index in [1.807, 2.05) is 21.1 Å². The number of allylic oxidation sites excluding steroid dienone is 2. The van der Waals surface area contributed by atoms with Crippen molar-refractivity contribution in [2.45, 2.75) is 129 Å². The van der Waals surface area contributed by atoms with Crippen LogP contribution in [0.1, 0.15) is 122 Å². The number of hydrogen-bond acceptors (Lipinski definition) is 5. The first kappa shape index (κ1) is 38.7. The van der Waals surface area contributed by atoms with Gasteiger partial charge in [-0.2, -0.15) is 0 Å². The lowest BCUT2D eigenvalue weighted by atomic mass is 10.1. The quantitative estimate of drug-likeness (QED) is 0.0399. The normalized spacial score (nSPS) is 14.7. The van der Waals surface area contributed by atoms with Gasteiger partial charge in [-0.1, -0.05) is 103 Å². The summed E-state index contributed by atoms with van der Waals surface area (Å²) in [7, 11) is 3.44. The number of ether oxygens (including phenoxy) is 2. The zero-order valence-electron chi connectivity index (χ0n) is 26.4. The van der Waals surface area contributed by atoms with Crippen molar-refractivity contribution in [2.24, 2.45) is 0 Å². The molecule has 0 aromatic rings. The number of hydrogen-bond donors (Lipinski definition) is 1. The molecule has 0 aromatic heterocycles. The van der Waals surface area contributed by atoms with Crippen molar-refractivity contribution < 1.29 is 32.5 Å². The van der Waals surface area contributed by atoms with Gasteiger partial charge in [-0.05, 0) is 32.1 Å². The topological polar surface area (TPSA) is 74.2 Å². The van der Waals surface area contributed by atoms with Crippen molar-refractivity contribution in [2.75, 3.05) is 61.2 Å². The maximum absolute atomic E-state index is 12.0. The minimum absolute atomic E-state index is 0.0371. The molecule has 0 spiro atoms. The van der Waals surface area contributed by atoms with Gasteiger partial charge in [-0.25, -0.2) is 4.57 Å². The van der Waals surface area contributed by atoms with Crippen LogP contribution in [-0.2, 0) is 23.1 Å².